The molecule has 1 aliphatic heterocycles. The first-order valence-electron chi connectivity index (χ1n) is 8.17. The fourth-order valence-electron chi connectivity index (χ4n) is 3.26. The lowest BCUT2D eigenvalue weighted by molar-refractivity contribution is 0.553. The summed E-state index contributed by atoms with van der Waals surface area (Å²) in [6.45, 7) is 0.891. The Morgan fingerprint density at radius 2 is 1.29 bits per heavy atom. The zero-order valence-electron chi connectivity index (χ0n) is 13.4. The van der Waals surface area contributed by atoms with Crippen LogP contribution in [0.2, 0.25) is 0 Å². The van der Waals surface area contributed by atoms with Gasteiger partial charge in [0.05, 0.1) is 0 Å². The van der Waals surface area contributed by atoms with E-state index in [2.05, 4.69) is 96.1 Å². The summed E-state index contributed by atoms with van der Waals surface area (Å²) in [5, 5.41) is 0. The number of quaternary nitrogens is 1. The summed E-state index contributed by atoms with van der Waals surface area (Å²) >= 11 is 0. The van der Waals surface area contributed by atoms with E-state index in [1.165, 1.54) is 22.5 Å². The molecule has 0 N–H and O–H groups in total. The molecule has 2 aromatic carbocycles. The van der Waals surface area contributed by atoms with Gasteiger partial charge in [-0.05, 0) is 59.7 Å². The number of rotatable bonds is 3. The molecule has 0 saturated carbocycles. The second kappa shape index (κ2) is 6.26. The Hall–Kier alpha value is -2.97. The van der Waals surface area contributed by atoms with Gasteiger partial charge in [-0.3, -0.25) is 4.98 Å². The third-order valence-corrected chi connectivity index (χ3v) is 4.56. The van der Waals surface area contributed by atoms with Gasteiger partial charge in [0.15, 0.2) is 0 Å². The van der Waals surface area contributed by atoms with Crippen LogP contribution in [0.25, 0.3) is 5.57 Å². The number of allylic oxidation sites excluding steroid dienone is 2. The van der Waals surface area contributed by atoms with Crippen molar-refractivity contribution in [3.05, 3.63) is 109 Å². The van der Waals surface area contributed by atoms with Crippen molar-refractivity contribution in [2.45, 2.75) is 0 Å². The van der Waals surface area contributed by atoms with Crippen LogP contribution in [-0.2, 0) is 0 Å². The van der Waals surface area contributed by atoms with Crippen LogP contribution in [0.5, 0.6) is 0 Å². The first kappa shape index (κ1) is 14.6. The average Bonchev–Trinajstić information content (AvgIpc) is 2.70. The Balaban J connectivity index is 1.78. The van der Waals surface area contributed by atoms with Crippen LogP contribution >= 0.6 is 0 Å². The van der Waals surface area contributed by atoms with Crippen LogP contribution in [0, 0.1) is 0 Å². The van der Waals surface area contributed by atoms with Gasteiger partial charge >= 0.3 is 0 Å². The summed E-state index contributed by atoms with van der Waals surface area (Å²) in [6.07, 6.45) is 10.5. The van der Waals surface area contributed by atoms with Crippen molar-refractivity contribution in [2.24, 2.45) is 0 Å². The van der Waals surface area contributed by atoms with Gasteiger partial charge in [-0.15, -0.1) is 0 Å². The lowest BCUT2D eigenvalue weighted by Crippen LogP contribution is -2.39. The van der Waals surface area contributed by atoms with E-state index in [0.717, 1.165) is 6.54 Å². The third kappa shape index (κ3) is 2.57. The number of hydrogen-bond donors (Lipinski definition) is 0. The van der Waals surface area contributed by atoms with Crippen molar-refractivity contribution in [1.82, 2.24) is 9.47 Å². The molecular formula is C22H19N2+. The highest BCUT2D eigenvalue weighted by Crippen LogP contribution is 2.38. The molecule has 0 atom stereocenters. The molecule has 0 aliphatic carbocycles. The number of nitrogens with zero attached hydrogens (tertiary/aromatic N) is 2. The molecule has 0 unspecified atom stereocenters. The summed E-state index contributed by atoms with van der Waals surface area (Å²) in [7, 11) is 0. The van der Waals surface area contributed by atoms with Crippen molar-refractivity contribution in [2.75, 3.05) is 6.54 Å². The number of aromatic nitrogens is 1. The largest absolute Gasteiger partial charge is 0.265 e. The normalized spacial score (nSPS) is 15.8. The fourth-order valence-corrected chi connectivity index (χ4v) is 3.26. The van der Waals surface area contributed by atoms with Crippen LogP contribution in [0.4, 0.5) is 11.4 Å². The van der Waals surface area contributed by atoms with Crippen molar-refractivity contribution >= 4 is 16.9 Å². The molecule has 1 aliphatic rings. The molecule has 3 aromatic rings. The van der Waals surface area contributed by atoms with Gasteiger partial charge in [-0.25, -0.2) is 4.48 Å². The second-order valence-corrected chi connectivity index (χ2v) is 5.93. The average molecular weight is 311 g/mol. The molecular weight excluding hydrogens is 292 g/mol. The summed E-state index contributed by atoms with van der Waals surface area (Å²) in [5.74, 6) is 0. The Bertz CT molecular complexity index is 826. The number of pyridine rings is 1. The van der Waals surface area contributed by atoms with E-state index in [0.29, 0.717) is 4.48 Å². The van der Waals surface area contributed by atoms with Gasteiger partial charge in [-0.2, -0.15) is 0 Å². The predicted octanol–water partition coefficient (Wildman–Crippen LogP) is 5.33. The lowest BCUT2D eigenvalue weighted by Gasteiger charge is -2.35. The minimum absolute atomic E-state index is 0.705. The van der Waals surface area contributed by atoms with E-state index in [4.69, 9.17) is 0 Å². The van der Waals surface area contributed by atoms with Crippen molar-refractivity contribution in [3.63, 3.8) is 0 Å². The van der Waals surface area contributed by atoms with Crippen LogP contribution in [0.3, 0.4) is 0 Å². The Labute approximate surface area is 142 Å². The van der Waals surface area contributed by atoms with Crippen molar-refractivity contribution < 1.29 is 0 Å². The Morgan fingerprint density at radius 3 is 1.79 bits per heavy atom. The zero-order valence-corrected chi connectivity index (χ0v) is 13.4. The van der Waals surface area contributed by atoms with E-state index in [1.54, 1.807) is 0 Å². The van der Waals surface area contributed by atoms with E-state index < -0.39 is 0 Å². The molecule has 0 saturated heterocycles. The summed E-state index contributed by atoms with van der Waals surface area (Å²) in [6, 6.07) is 25.5. The van der Waals surface area contributed by atoms with E-state index in [-0.39, 0.29) is 0 Å². The van der Waals surface area contributed by atoms with Crippen LogP contribution in [0.1, 0.15) is 5.56 Å². The maximum absolute atomic E-state index is 4.11. The second-order valence-electron chi connectivity index (χ2n) is 5.93. The number of benzene rings is 2. The maximum Gasteiger partial charge on any atom is 0.142 e. The summed E-state index contributed by atoms with van der Waals surface area (Å²) < 4.78 is 0.705. The topological polar surface area (TPSA) is 12.9 Å². The van der Waals surface area contributed by atoms with Gasteiger partial charge in [0, 0.05) is 12.4 Å². The summed E-state index contributed by atoms with van der Waals surface area (Å²) in [4.78, 5) is 4.11. The van der Waals surface area contributed by atoms with Gasteiger partial charge in [0.2, 0.25) is 0 Å². The molecule has 1 aromatic heterocycles. The highest BCUT2D eigenvalue weighted by atomic mass is 15.3. The molecule has 116 valence electrons. The smallest absolute Gasteiger partial charge is 0.142 e. The first-order chi connectivity index (χ1) is 11.9. The minimum Gasteiger partial charge on any atom is -0.265 e. The monoisotopic (exact) mass is 311 g/mol. The SMILES string of the molecule is C1=C[N+](c2ccccc2)(c2ccccc2)CC=C1c1ccncc1. The molecule has 0 bridgehead atoms. The van der Waals surface area contributed by atoms with E-state index >= 15 is 0 Å². The molecule has 0 radical (unpaired) electrons. The Kier molecular flexibility index (Phi) is 3.81. The lowest BCUT2D eigenvalue weighted by atomic mass is 10.0. The van der Waals surface area contributed by atoms with Crippen LogP contribution in [-0.4, -0.2) is 11.5 Å². The molecule has 2 heterocycles. The van der Waals surface area contributed by atoms with Crippen LogP contribution in [0.15, 0.2) is 104 Å². The quantitative estimate of drug-likeness (QED) is 0.596. The molecule has 0 amide bonds. The van der Waals surface area contributed by atoms with Crippen LogP contribution < -0.4 is 4.48 Å². The molecule has 2 heteroatoms. The number of hydrogen-bond acceptors (Lipinski definition) is 1. The van der Waals surface area contributed by atoms with Crippen molar-refractivity contribution in [1.29, 1.82) is 0 Å². The van der Waals surface area contributed by atoms with Gasteiger partial charge in [-0.1, -0.05) is 36.4 Å². The first-order valence-corrected chi connectivity index (χ1v) is 8.17. The Morgan fingerprint density at radius 1 is 0.708 bits per heavy atom. The summed E-state index contributed by atoms with van der Waals surface area (Å²) in [5.41, 5.74) is 4.99. The molecule has 24 heavy (non-hydrogen) atoms. The van der Waals surface area contributed by atoms with Crippen molar-refractivity contribution in [3.8, 4) is 0 Å². The zero-order chi connectivity index (χ0) is 16.2. The van der Waals surface area contributed by atoms with E-state index in [1.807, 2.05) is 12.4 Å². The molecule has 2 nitrogen and oxygen atoms in total. The molecule has 0 fully saturated rings. The fraction of sp³-hybridized carbons (Fsp3) is 0.0455. The van der Waals surface area contributed by atoms with Gasteiger partial charge in [0.25, 0.3) is 0 Å². The maximum atomic E-state index is 4.11. The van der Waals surface area contributed by atoms with E-state index in [9.17, 15) is 0 Å². The minimum atomic E-state index is 0.705. The number of para-hydroxylation sites is 2. The highest BCUT2D eigenvalue weighted by molar-refractivity contribution is 5.78. The van der Waals surface area contributed by atoms with Gasteiger partial charge in [0.1, 0.15) is 24.1 Å². The molecule has 0 spiro atoms. The predicted molar refractivity (Wildman–Crippen MR) is 101 cm³/mol. The standard InChI is InChI=1S/C22H19N2/c1-3-7-21(8-4-1)24(22-9-5-2-6-10-22)17-13-20(14-18-24)19-11-15-23-16-12-19/h1-17H,18H2/q+1. The third-order valence-electron chi connectivity index (χ3n) is 4.56. The van der Waals surface area contributed by atoms with Gasteiger partial charge < -0.3 is 0 Å². The highest BCUT2D eigenvalue weighted by Gasteiger charge is 2.32. The molecule has 4 rings (SSSR count).